The van der Waals surface area contributed by atoms with E-state index in [4.69, 9.17) is 4.74 Å². The number of aliphatic hydroxyl groups excluding tert-OH is 1. The third kappa shape index (κ3) is 2.61. The smallest absolute Gasteiger partial charge is 0.148 e. The first-order chi connectivity index (χ1) is 10.7. The van der Waals surface area contributed by atoms with Crippen LogP contribution >= 0.6 is 0 Å². The Balaban J connectivity index is 2.19. The van der Waals surface area contributed by atoms with Crippen LogP contribution in [0.3, 0.4) is 0 Å². The molecule has 4 heteroatoms. The molecule has 0 aliphatic rings. The average molecular weight is 294 g/mol. The van der Waals surface area contributed by atoms with Gasteiger partial charge in [0.2, 0.25) is 0 Å². The van der Waals surface area contributed by atoms with Gasteiger partial charge in [-0.3, -0.25) is 4.57 Å². The summed E-state index contributed by atoms with van der Waals surface area (Å²) in [6.45, 7) is 1.96. The number of aromatic nitrogens is 2. The zero-order valence-corrected chi connectivity index (χ0v) is 12.7. The van der Waals surface area contributed by atoms with Gasteiger partial charge in [0, 0.05) is 11.9 Å². The highest BCUT2D eigenvalue weighted by Crippen LogP contribution is 2.31. The number of hydrogen-bond acceptors (Lipinski definition) is 3. The first-order valence-electron chi connectivity index (χ1n) is 7.12. The number of rotatable bonds is 4. The molecule has 1 N–H and O–H groups in total. The topological polar surface area (TPSA) is 47.3 Å². The first kappa shape index (κ1) is 14.4. The fraction of sp³-hybridized carbons (Fsp3) is 0.167. The van der Waals surface area contributed by atoms with Crippen molar-refractivity contribution in [3.8, 4) is 22.8 Å². The third-order valence-electron chi connectivity index (χ3n) is 3.58. The Labute approximate surface area is 129 Å². The largest absolute Gasteiger partial charge is 0.496 e. The van der Waals surface area contributed by atoms with Crippen molar-refractivity contribution in [3.05, 3.63) is 66.0 Å². The second-order valence-corrected chi connectivity index (χ2v) is 5.12. The molecular formula is C18H18N2O2. The van der Waals surface area contributed by atoms with E-state index >= 15 is 0 Å². The fourth-order valence-corrected chi connectivity index (χ4v) is 2.43. The van der Waals surface area contributed by atoms with Gasteiger partial charge in [0.1, 0.15) is 11.6 Å². The second-order valence-electron chi connectivity index (χ2n) is 5.12. The van der Waals surface area contributed by atoms with E-state index in [2.05, 4.69) is 24.0 Å². The fourth-order valence-electron chi connectivity index (χ4n) is 2.43. The van der Waals surface area contributed by atoms with Crippen LogP contribution in [0, 0.1) is 6.92 Å². The summed E-state index contributed by atoms with van der Waals surface area (Å²) in [4.78, 5) is 4.54. The lowest BCUT2D eigenvalue weighted by Gasteiger charge is -2.11. The highest BCUT2D eigenvalue weighted by atomic mass is 16.5. The molecule has 0 amide bonds. The Morgan fingerprint density at radius 1 is 1.09 bits per heavy atom. The van der Waals surface area contributed by atoms with Crippen molar-refractivity contribution in [1.29, 1.82) is 0 Å². The summed E-state index contributed by atoms with van der Waals surface area (Å²) in [5, 5.41) is 9.43. The third-order valence-corrected chi connectivity index (χ3v) is 3.58. The van der Waals surface area contributed by atoms with Crippen LogP contribution in [0.15, 0.2) is 54.7 Å². The molecular weight excluding hydrogens is 276 g/mol. The van der Waals surface area contributed by atoms with E-state index in [1.807, 2.05) is 47.2 Å². The molecule has 0 spiro atoms. The lowest BCUT2D eigenvalue weighted by atomic mass is 10.1. The Hall–Kier alpha value is -2.59. The summed E-state index contributed by atoms with van der Waals surface area (Å²) in [5.41, 5.74) is 3.72. The predicted molar refractivity (Wildman–Crippen MR) is 86.2 cm³/mol. The summed E-state index contributed by atoms with van der Waals surface area (Å²) >= 11 is 0. The van der Waals surface area contributed by atoms with Gasteiger partial charge in [-0.05, 0) is 31.2 Å². The van der Waals surface area contributed by atoms with E-state index in [1.165, 1.54) is 5.56 Å². The zero-order valence-electron chi connectivity index (χ0n) is 12.7. The Kier molecular flexibility index (Phi) is 3.94. The minimum Gasteiger partial charge on any atom is -0.496 e. The SMILES string of the molecule is COc1ccccc1-c1nc(CO)cn1-c1ccc(C)cc1. The maximum atomic E-state index is 9.43. The highest BCUT2D eigenvalue weighted by Gasteiger charge is 2.15. The van der Waals surface area contributed by atoms with Gasteiger partial charge in [-0.1, -0.05) is 29.8 Å². The minimum atomic E-state index is -0.0962. The van der Waals surface area contributed by atoms with E-state index in [9.17, 15) is 5.11 Å². The van der Waals surface area contributed by atoms with Crippen LogP contribution in [0.5, 0.6) is 5.75 Å². The number of ether oxygens (including phenoxy) is 1. The molecule has 4 nitrogen and oxygen atoms in total. The van der Waals surface area contributed by atoms with Crippen LogP contribution in [-0.2, 0) is 6.61 Å². The van der Waals surface area contributed by atoms with Gasteiger partial charge in [-0.2, -0.15) is 0 Å². The molecule has 3 rings (SSSR count). The van der Waals surface area contributed by atoms with E-state index in [0.717, 1.165) is 22.8 Å². The van der Waals surface area contributed by atoms with Gasteiger partial charge in [0.05, 0.1) is 25.0 Å². The van der Waals surface area contributed by atoms with Gasteiger partial charge in [0.25, 0.3) is 0 Å². The second kappa shape index (κ2) is 6.03. The molecule has 0 unspecified atom stereocenters. The Bertz CT molecular complexity index is 776. The van der Waals surface area contributed by atoms with Gasteiger partial charge in [-0.25, -0.2) is 4.98 Å². The van der Waals surface area contributed by atoms with Crippen molar-refractivity contribution in [2.24, 2.45) is 0 Å². The summed E-state index contributed by atoms with van der Waals surface area (Å²) in [6, 6.07) is 15.9. The summed E-state index contributed by atoms with van der Waals surface area (Å²) in [6.07, 6.45) is 1.85. The molecule has 0 aliphatic carbocycles. The average Bonchev–Trinajstić information content (AvgIpc) is 2.99. The number of hydrogen-bond donors (Lipinski definition) is 1. The van der Waals surface area contributed by atoms with Gasteiger partial charge in [0.15, 0.2) is 0 Å². The maximum Gasteiger partial charge on any atom is 0.148 e. The van der Waals surface area contributed by atoms with Crippen molar-refractivity contribution >= 4 is 0 Å². The molecule has 2 aromatic carbocycles. The molecule has 0 bridgehead atoms. The molecule has 112 valence electrons. The van der Waals surface area contributed by atoms with Crippen molar-refractivity contribution in [2.75, 3.05) is 7.11 Å². The summed E-state index contributed by atoms with van der Waals surface area (Å²) in [7, 11) is 1.64. The molecule has 3 aromatic rings. The number of nitrogens with zero attached hydrogens (tertiary/aromatic N) is 2. The summed E-state index contributed by atoms with van der Waals surface area (Å²) in [5.74, 6) is 1.51. The van der Waals surface area contributed by atoms with Gasteiger partial charge < -0.3 is 9.84 Å². The molecule has 0 saturated carbocycles. The highest BCUT2D eigenvalue weighted by molar-refractivity contribution is 5.66. The van der Waals surface area contributed by atoms with Crippen molar-refractivity contribution in [1.82, 2.24) is 9.55 Å². The number of aryl methyl sites for hydroxylation is 1. The van der Waals surface area contributed by atoms with Crippen molar-refractivity contribution in [2.45, 2.75) is 13.5 Å². The Morgan fingerprint density at radius 2 is 1.82 bits per heavy atom. The first-order valence-corrected chi connectivity index (χ1v) is 7.12. The maximum absolute atomic E-state index is 9.43. The number of methoxy groups -OCH3 is 1. The predicted octanol–water partition coefficient (Wildman–Crippen LogP) is 3.35. The molecule has 1 aromatic heterocycles. The number of aliphatic hydroxyl groups is 1. The molecule has 0 atom stereocenters. The standard InChI is InChI=1S/C18H18N2O2/c1-13-7-9-15(10-8-13)20-11-14(12-21)19-18(20)16-5-3-4-6-17(16)22-2/h3-11,21H,12H2,1-2H3. The van der Waals surface area contributed by atoms with Gasteiger partial charge >= 0.3 is 0 Å². The lowest BCUT2D eigenvalue weighted by molar-refractivity contribution is 0.277. The molecule has 1 heterocycles. The van der Waals surface area contributed by atoms with Crippen LogP contribution in [0.1, 0.15) is 11.3 Å². The van der Waals surface area contributed by atoms with E-state index in [-0.39, 0.29) is 6.61 Å². The van der Waals surface area contributed by atoms with Crippen LogP contribution in [0.4, 0.5) is 0 Å². The van der Waals surface area contributed by atoms with Crippen LogP contribution in [0.2, 0.25) is 0 Å². The number of benzene rings is 2. The normalized spacial score (nSPS) is 10.7. The van der Waals surface area contributed by atoms with Crippen LogP contribution in [-0.4, -0.2) is 21.8 Å². The van der Waals surface area contributed by atoms with E-state index < -0.39 is 0 Å². The molecule has 0 radical (unpaired) electrons. The van der Waals surface area contributed by atoms with Crippen LogP contribution in [0.25, 0.3) is 17.1 Å². The zero-order chi connectivity index (χ0) is 15.5. The number of imidazole rings is 1. The van der Waals surface area contributed by atoms with E-state index in [0.29, 0.717) is 5.69 Å². The molecule has 0 aliphatic heterocycles. The minimum absolute atomic E-state index is 0.0962. The number of para-hydroxylation sites is 1. The Morgan fingerprint density at radius 3 is 2.50 bits per heavy atom. The monoisotopic (exact) mass is 294 g/mol. The van der Waals surface area contributed by atoms with Crippen molar-refractivity contribution < 1.29 is 9.84 Å². The molecule has 0 saturated heterocycles. The van der Waals surface area contributed by atoms with Gasteiger partial charge in [-0.15, -0.1) is 0 Å². The quantitative estimate of drug-likeness (QED) is 0.802. The summed E-state index contributed by atoms with van der Waals surface area (Å²) < 4.78 is 7.41. The lowest BCUT2D eigenvalue weighted by Crippen LogP contribution is -1.98. The van der Waals surface area contributed by atoms with E-state index in [1.54, 1.807) is 7.11 Å². The molecule has 0 fully saturated rings. The van der Waals surface area contributed by atoms with Crippen LogP contribution < -0.4 is 4.74 Å². The van der Waals surface area contributed by atoms with Crippen molar-refractivity contribution in [3.63, 3.8) is 0 Å². The molecule has 22 heavy (non-hydrogen) atoms.